The van der Waals surface area contributed by atoms with E-state index in [2.05, 4.69) is 4.98 Å². The van der Waals surface area contributed by atoms with Crippen LogP contribution in [0.4, 0.5) is 0 Å². The fourth-order valence-electron chi connectivity index (χ4n) is 2.27. The summed E-state index contributed by atoms with van der Waals surface area (Å²) in [6.07, 6.45) is 1.96. The number of hydrogen-bond donors (Lipinski definition) is 0. The van der Waals surface area contributed by atoms with Crippen molar-refractivity contribution < 1.29 is 13.9 Å². The number of ether oxygens (including phenoxy) is 1. The zero-order valence-electron chi connectivity index (χ0n) is 12.5. The monoisotopic (exact) mass is 363 g/mol. The Morgan fingerprint density at radius 3 is 2.75 bits per heavy atom. The molecule has 0 fully saturated rings. The van der Waals surface area contributed by atoms with Crippen LogP contribution in [0.15, 0.2) is 45.7 Å². The van der Waals surface area contributed by atoms with Crippen LogP contribution in [0.25, 0.3) is 11.0 Å². The molecule has 0 aliphatic heterocycles. The van der Waals surface area contributed by atoms with E-state index in [0.29, 0.717) is 12.0 Å². The van der Waals surface area contributed by atoms with E-state index in [9.17, 15) is 9.59 Å². The molecule has 0 radical (unpaired) electrons. The molecule has 5 nitrogen and oxygen atoms in total. The average molecular weight is 364 g/mol. The Balaban J connectivity index is 1.93. The van der Waals surface area contributed by atoms with Crippen molar-refractivity contribution in [3.05, 3.63) is 68.3 Å². The number of rotatable bonds is 3. The molecule has 0 saturated carbocycles. The van der Waals surface area contributed by atoms with E-state index < -0.39 is 11.6 Å². The van der Waals surface area contributed by atoms with Crippen LogP contribution in [0.5, 0.6) is 5.75 Å². The number of esters is 1. The predicted octanol–water partition coefficient (Wildman–Crippen LogP) is 4.28. The van der Waals surface area contributed by atoms with Gasteiger partial charge >= 0.3 is 11.6 Å². The summed E-state index contributed by atoms with van der Waals surface area (Å²) < 4.78 is 10.4. The van der Waals surface area contributed by atoms with Crippen molar-refractivity contribution in [2.24, 2.45) is 0 Å². The molecule has 3 rings (SSSR count). The molecule has 2 aromatic heterocycles. The molecular weight excluding hydrogens is 353 g/mol. The Hall–Kier alpha value is -2.37. The molecule has 0 aliphatic rings. The van der Waals surface area contributed by atoms with Crippen molar-refractivity contribution >= 4 is 40.1 Å². The van der Waals surface area contributed by atoms with Gasteiger partial charge in [-0.1, -0.05) is 30.1 Å². The van der Waals surface area contributed by atoms with E-state index in [4.69, 9.17) is 32.4 Å². The Kier molecular flexibility index (Phi) is 4.55. The number of fused-ring (bicyclic) bond motifs is 1. The summed E-state index contributed by atoms with van der Waals surface area (Å²) in [5.41, 5.74) is 0.939. The van der Waals surface area contributed by atoms with Gasteiger partial charge in [0.25, 0.3) is 0 Å². The number of carbonyl (C=O) groups is 1. The Morgan fingerprint density at radius 2 is 2.04 bits per heavy atom. The quantitative estimate of drug-likeness (QED) is 0.300. The highest BCUT2D eigenvalue weighted by molar-refractivity contribution is 6.41. The smallest absolute Gasteiger partial charge is 0.345 e. The molecule has 24 heavy (non-hydrogen) atoms. The standard InChI is InChI=1S/C17H11Cl2NO4/c1-2-9-6-15(21)24-14-7-11(3-4-12(9)14)23-17(22)10-5-13(18)16(19)20-8-10/h3-8H,2H2,1H3. The fourth-order valence-corrected chi connectivity index (χ4v) is 2.53. The first kappa shape index (κ1) is 16.5. The Labute approximate surface area is 146 Å². The minimum Gasteiger partial charge on any atom is -0.423 e. The summed E-state index contributed by atoms with van der Waals surface area (Å²) >= 11 is 11.6. The van der Waals surface area contributed by atoms with Crippen molar-refractivity contribution in [1.29, 1.82) is 0 Å². The van der Waals surface area contributed by atoms with Gasteiger partial charge in [0.1, 0.15) is 16.5 Å². The van der Waals surface area contributed by atoms with Crippen LogP contribution in [-0.2, 0) is 6.42 Å². The highest BCUT2D eigenvalue weighted by atomic mass is 35.5. The summed E-state index contributed by atoms with van der Waals surface area (Å²) in [6.45, 7) is 1.94. The molecule has 0 saturated heterocycles. The molecule has 0 unspecified atom stereocenters. The third-order valence-electron chi connectivity index (χ3n) is 3.43. The maximum absolute atomic E-state index is 12.1. The first-order valence-electron chi connectivity index (χ1n) is 7.08. The average Bonchev–Trinajstić information content (AvgIpc) is 2.56. The number of nitrogens with zero attached hydrogens (tertiary/aromatic N) is 1. The van der Waals surface area contributed by atoms with E-state index in [1.54, 1.807) is 12.1 Å². The van der Waals surface area contributed by atoms with Gasteiger partial charge in [-0.25, -0.2) is 14.6 Å². The lowest BCUT2D eigenvalue weighted by Gasteiger charge is -2.07. The number of halogens is 2. The molecule has 0 amide bonds. The van der Waals surface area contributed by atoms with Crippen molar-refractivity contribution in [2.45, 2.75) is 13.3 Å². The van der Waals surface area contributed by atoms with Crippen LogP contribution >= 0.6 is 23.2 Å². The largest absolute Gasteiger partial charge is 0.423 e. The summed E-state index contributed by atoms with van der Waals surface area (Å²) in [7, 11) is 0. The van der Waals surface area contributed by atoms with E-state index in [1.165, 1.54) is 24.4 Å². The third-order valence-corrected chi connectivity index (χ3v) is 4.11. The number of hydrogen-bond acceptors (Lipinski definition) is 5. The van der Waals surface area contributed by atoms with Crippen LogP contribution < -0.4 is 10.4 Å². The van der Waals surface area contributed by atoms with Gasteiger partial charge in [-0.05, 0) is 30.2 Å². The maximum atomic E-state index is 12.1. The SMILES string of the molecule is CCc1cc(=O)oc2cc(OC(=O)c3cnc(Cl)c(Cl)c3)ccc12. The fraction of sp³-hybridized carbons (Fsp3) is 0.118. The molecule has 2 heterocycles. The number of aryl methyl sites for hydroxylation is 1. The van der Waals surface area contributed by atoms with Crippen LogP contribution in [0.2, 0.25) is 10.2 Å². The summed E-state index contributed by atoms with van der Waals surface area (Å²) in [6, 6.07) is 7.70. The second kappa shape index (κ2) is 6.63. The molecule has 0 bridgehead atoms. The van der Waals surface area contributed by atoms with E-state index in [1.807, 2.05) is 6.92 Å². The summed E-state index contributed by atoms with van der Waals surface area (Å²) in [4.78, 5) is 27.5. The molecule has 0 aliphatic carbocycles. The lowest BCUT2D eigenvalue weighted by atomic mass is 10.1. The number of carbonyl (C=O) groups excluding carboxylic acids is 1. The van der Waals surface area contributed by atoms with Crippen molar-refractivity contribution in [1.82, 2.24) is 4.98 Å². The zero-order chi connectivity index (χ0) is 17.3. The molecule has 1 aromatic carbocycles. The topological polar surface area (TPSA) is 69.4 Å². The molecular formula is C17H11Cl2NO4. The van der Waals surface area contributed by atoms with Gasteiger partial charge in [0.05, 0.1) is 10.6 Å². The van der Waals surface area contributed by atoms with Gasteiger partial charge < -0.3 is 9.15 Å². The second-order valence-electron chi connectivity index (χ2n) is 4.99. The maximum Gasteiger partial charge on any atom is 0.345 e. The van der Waals surface area contributed by atoms with Crippen molar-refractivity contribution in [2.75, 3.05) is 0 Å². The third kappa shape index (κ3) is 3.27. The molecule has 7 heteroatoms. The number of benzene rings is 1. The van der Waals surface area contributed by atoms with Crippen molar-refractivity contribution in [3.63, 3.8) is 0 Å². The first-order valence-corrected chi connectivity index (χ1v) is 7.83. The van der Waals surface area contributed by atoms with Gasteiger partial charge in [0.15, 0.2) is 0 Å². The first-order chi connectivity index (χ1) is 11.5. The molecule has 0 N–H and O–H groups in total. The normalized spacial score (nSPS) is 10.8. The minimum absolute atomic E-state index is 0.104. The summed E-state index contributed by atoms with van der Waals surface area (Å²) in [5.74, 6) is -0.399. The minimum atomic E-state index is -0.644. The van der Waals surface area contributed by atoms with Gasteiger partial charge in [0, 0.05) is 23.7 Å². The van der Waals surface area contributed by atoms with Gasteiger partial charge in [-0.3, -0.25) is 0 Å². The number of pyridine rings is 1. The molecule has 0 spiro atoms. The van der Waals surface area contributed by atoms with Crippen LogP contribution in [0.3, 0.4) is 0 Å². The van der Waals surface area contributed by atoms with E-state index in [0.717, 1.165) is 10.9 Å². The predicted molar refractivity (Wildman–Crippen MR) is 91.1 cm³/mol. The van der Waals surface area contributed by atoms with Crippen LogP contribution in [0.1, 0.15) is 22.8 Å². The lowest BCUT2D eigenvalue weighted by Crippen LogP contribution is -2.09. The lowest BCUT2D eigenvalue weighted by molar-refractivity contribution is 0.0734. The summed E-state index contributed by atoms with van der Waals surface area (Å²) in [5, 5.41) is 1.06. The zero-order valence-corrected chi connectivity index (χ0v) is 14.0. The van der Waals surface area contributed by atoms with E-state index >= 15 is 0 Å². The van der Waals surface area contributed by atoms with E-state index in [-0.39, 0.29) is 21.5 Å². The molecule has 0 atom stereocenters. The van der Waals surface area contributed by atoms with Crippen molar-refractivity contribution in [3.8, 4) is 5.75 Å². The second-order valence-corrected chi connectivity index (χ2v) is 5.75. The Bertz CT molecular complexity index is 998. The van der Waals surface area contributed by atoms with Gasteiger partial charge in [-0.2, -0.15) is 0 Å². The highest BCUT2D eigenvalue weighted by Gasteiger charge is 2.13. The Morgan fingerprint density at radius 1 is 1.25 bits per heavy atom. The van der Waals surface area contributed by atoms with Gasteiger partial charge in [0.2, 0.25) is 0 Å². The van der Waals surface area contributed by atoms with Crippen LogP contribution in [-0.4, -0.2) is 11.0 Å². The highest BCUT2D eigenvalue weighted by Crippen LogP contribution is 2.25. The number of aromatic nitrogens is 1. The van der Waals surface area contributed by atoms with Crippen LogP contribution in [0, 0.1) is 0 Å². The van der Waals surface area contributed by atoms with Gasteiger partial charge in [-0.15, -0.1) is 0 Å². The molecule has 122 valence electrons. The molecule has 3 aromatic rings.